The van der Waals surface area contributed by atoms with E-state index in [-0.39, 0.29) is 11.9 Å². The summed E-state index contributed by atoms with van der Waals surface area (Å²) in [5.74, 6) is 0.695. The molecule has 2 heterocycles. The van der Waals surface area contributed by atoms with Gasteiger partial charge in [-0.05, 0) is 31.4 Å². The lowest BCUT2D eigenvalue weighted by Crippen LogP contribution is -2.46. The van der Waals surface area contributed by atoms with Gasteiger partial charge in [0, 0.05) is 5.39 Å². The molecule has 1 amide bonds. The first-order valence-electron chi connectivity index (χ1n) is 7.24. The van der Waals surface area contributed by atoms with Crippen molar-refractivity contribution in [1.82, 2.24) is 15.5 Å². The highest BCUT2D eigenvalue weighted by Crippen LogP contribution is 2.23. The van der Waals surface area contributed by atoms with Gasteiger partial charge in [0.15, 0.2) is 0 Å². The number of hydrogen-bond donors (Lipinski definition) is 3. The van der Waals surface area contributed by atoms with Gasteiger partial charge in [0.1, 0.15) is 0 Å². The van der Waals surface area contributed by atoms with Gasteiger partial charge in [-0.15, -0.1) is 0 Å². The second kappa shape index (κ2) is 5.63. The Bertz CT molecular complexity index is 607. The molecular formula is C15H20N4O. The van der Waals surface area contributed by atoms with Gasteiger partial charge in [0.25, 0.3) is 0 Å². The highest BCUT2D eigenvalue weighted by atomic mass is 16.2. The van der Waals surface area contributed by atoms with Gasteiger partial charge in [-0.2, -0.15) is 5.10 Å². The average molecular weight is 272 g/mol. The third kappa shape index (κ3) is 2.54. The molecule has 0 bridgehead atoms. The van der Waals surface area contributed by atoms with Crippen molar-refractivity contribution in [3.05, 3.63) is 24.4 Å². The van der Waals surface area contributed by atoms with E-state index in [0.717, 1.165) is 42.4 Å². The number of aromatic amines is 1. The normalized spacial score (nSPS) is 22.9. The first kappa shape index (κ1) is 13.1. The zero-order valence-corrected chi connectivity index (χ0v) is 11.6. The van der Waals surface area contributed by atoms with Crippen LogP contribution in [0.25, 0.3) is 10.9 Å². The van der Waals surface area contributed by atoms with Crippen molar-refractivity contribution in [2.45, 2.75) is 32.2 Å². The van der Waals surface area contributed by atoms with E-state index >= 15 is 0 Å². The molecule has 1 aliphatic rings. The first-order valence-corrected chi connectivity index (χ1v) is 7.24. The number of H-pyrrole nitrogens is 1. The third-order valence-electron chi connectivity index (χ3n) is 4.14. The summed E-state index contributed by atoms with van der Waals surface area (Å²) < 4.78 is 0. The molecule has 2 aromatic rings. The van der Waals surface area contributed by atoms with Crippen molar-refractivity contribution < 1.29 is 4.79 Å². The van der Waals surface area contributed by atoms with E-state index in [4.69, 9.17) is 0 Å². The second-order valence-electron chi connectivity index (χ2n) is 5.43. The largest absolute Gasteiger partial charge is 0.323 e. The number of nitrogens with zero attached hydrogens (tertiary/aromatic N) is 1. The molecule has 2 atom stereocenters. The molecule has 1 saturated heterocycles. The van der Waals surface area contributed by atoms with Crippen molar-refractivity contribution in [1.29, 1.82) is 0 Å². The van der Waals surface area contributed by atoms with Crippen LogP contribution in [-0.4, -0.2) is 28.7 Å². The van der Waals surface area contributed by atoms with E-state index < -0.39 is 0 Å². The van der Waals surface area contributed by atoms with Gasteiger partial charge < -0.3 is 10.6 Å². The van der Waals surface area contributed by atoms with E-state index in [1.165, 1.54) is 0 Å². The number of fused-ring (bicyclic) bond motifs is 1. The van der Waals surface area contributed by atoms with Crippen molar-refractivity contribution in [3.8, 4) is 0 Å². The predicted octanol–water partition coefficient (Wildman–Crippen LogP) is 2.28. The number of amides is 1. The topological polar surface area (TPSA) is 69.8 Å². The quantitative estimate of drug-likeness (QED) is 0.803. The Kier molecular flexibility index (Phi) is 3.69. The highest BCUT2D eigenvalue weighted by molar-refractivity contribution is 6.02. The minimum Gasteiger partial charge on any atom is -0.323 e. The molecule has 1 fully saturated rings. The number of benzene rings is 1. The number of carbonyl (C=O) groups excluding carboxylic acids is 1. The smallest absolute Gasteiger partial charge is 0.241 e. The van der Waals surface area contributed by atoms with Gasteiger partial charge in [-0.1, -0.05) is 25.5 Å². The van der Waals surface area contributed by atoms with Crippen molar-refractivity contribution in [3.63, 3.8) is 0 Å². The minimum atomic E-state index is -0.0909. The second-order valence-corrected chi connectivity index (χ2v) is 5.43. The van der Waals surface area contributed by atoms with E-state index in [2.05, 4.69) is 27.8 Å². The number of carbonyl (C=O) groups is 1. The molecular weight excluding hydrogens is 252 g/mol. The van der Waals surface area contributed by atoms with Gasteiger partial charge in [0.2, 0.25) is 5.91 Å². The maximum absolute atomic E-state index is 12.4. The molecule has 0 radical (unpaired) electrons. The molecule has 5 nitrogen and oxygen atoms in total. The lowest BCUT2D eigenvalue weighted by Gasteiger charge is -2.28. The standard InChI is InChI=1S/C15H20N4O/c1-2-10-6-7-16-13(8-10)15(20)18-12-5-3-4-11-9-17-19-14(11)12/h3-5,9-10,13,16H,2,6-8H2,1H3,(H,17,19)(H,18,20). The van der Waals surface area contributed by atoms with E-state index in [9.17, 15) is 4.79 Å². The van der Waals surface area contributed by atoms with Crippen molar-refractivity contribution in [2.24, 2.45) is 5.92 Å². The van der Waals surface area contributed by atoms with Crippen LogP contribution >= 0.6 is 0 Å². The summed E-state index contributed by atoms with van der Waals surface area (Å²) in [6, 6.07) is 5.71. The molecule has 106 valence electrons. The van der Waals surface area contributed by atoms with Crippen LogP contribution in [0, 0.1) is 5.92 Å². The monoisotopic (exact) mass is 272 g/mol. The summed E-state index contributed by atoms with van der Waals surface area (Å²) >= 11 is 0. The number of anilines is 1. The molecule has 3 rings (SSSR count). The number of para-hydroxylation sites is 1. The molecule has 20 heavy (non-hydrogen) atoms. The highest BCUT2D eigenvalue weighted by Gasteiger charge is 2.26. The number of aromatic nitrogens is 2. The molecule has 5 heteroatoms. The fourth-order valence-electron chi connectivity index (χ4n) is 2.86. The maximum atomic E-state index is 12.4. The van der Waals surface area contributed by atoms with Crippen LogP contribution in [0.2, 0.25) is 0 Å². The van der Waals surface area contributed by atoms with Crippen LogP contribution in [0.4, 0.5) is 5.69 Å². The van der Waals surface area contributed by atoms with Crippen molar-refractivity contribution in [2.75, 3.05) is 11.9 Å². The third-order valence-corrected chi connectivity index (χ3v) is 4.14. The summed E-state index contributed by atoms with van der Waals surface area (Å²) in [7, 11) is 0. The molecule has 0 aliphatic carbocycles. The predicted molar refractivity (Wildman–Crippen MR) is 79.5 cm³/mol. The first-order chi connectivity index (χ1) is 9.78. The summed E-state index contributed by atoms with van der Waals surface area (Å²) in [5.41, 5.74) is 1.68. The van der Waals surface area contributed by atoms with Crippen molar-refractivity contribution >= 4 is 22.5 Å². The molecule has 0 saturated carbocycles. The Morgan fingerprint density at radius 3 is 3.25 bits per heavy atom. The fraction of sp³-hybridized carbons (Fsp3) is 0.467. The lowest BCUT2D eigenvalue weighted by atomic mass is 9.90. The van der Waals surface area contributed by atoms with E-state index in [0.29, 0.717) is 5.92 Å². The van der Waals surface area contributed by atoms with Crippen LogP contribution in [0.1, 0.15) is 26.2 Å². The van der Waals surface area contributed by atoms with Gasteiger partial charge in [-0.25, -0.2) is 0 Å². The zero-order chi connectivity index (χ0) is 13.9. The summed E-state index contributed by atoms with van der Waals surface area (Å²) in [6.07, 6.45) is 4.98. The molecule has 2 unspecified atom stereocenters. The van der Waals surface area contributed by atoms with Gasteiger partial charge >= 0.3 is 0 Å². The Hall–Kier alpha value is -1.88. The van der Waals surface area contributed by atoms with Crippen LogP contribution < -0.4 is 10.6 Å². The van der Waals surface area contributed by atoms with Crippen LogP contribution in [-0.2, 0) is 4.79 Å². The molecule has 3 N–H and O–H groups in total. The van der Waals surface area contributed by atoms with E-state index in [1.807, 2.05) is 18.2 Å². The molecule has 0 spiro atoms. The summed E-state index contributed by atoms with van der Waals surface area (Å²) in [5, 5.41) is 14.3. The number of piperidine rings is 1. The van der Waals surface area contributed by atoms with E-state index in [1.54, 1.807) is 6.20 Å². The summed E-state index contributed by atoms with van der Waals surface area (Å²) in [6.45, 7) is 3.11. The summed E-state index contributed by atoms with van der Waals surface area (Å²) in [4.78, 5) is 12.4. The fourth-order valence-corrected chi connectivity index (χ4v) is 2.86. The SMILES string of the molecule is CCC1CCNC(C(=O)Nc2cccc3cn[nH]c23)C1. The lowest BCUT2D eigenvalue weighted by molar-refractivity contribution is -0.119. The maximum Gasteiger partial charge on any atom is 0.241 e. The Morgan fingerprint density at radius 1 is 1.50 bits per heavy atom. The number of hydrogen-bond acceptors (Lipinski definition) is 3. The minimum absolute atomic E-state index is 0.0465. The zero-order valence-electron chi connectivity index (χ0n) is 11.6. The average Bonchev–Trinajstić information content (AvgIpc) is 2.97. The number of rotatable bonds is 3. The van der Waals surface area contributed by atoms with Gasteiger partial charge in [-0.3, -0.25) is 9.89 Å². The Morgan fingerprint density at radius 2 is 2.40 bits per heavy atom. The molecule has 1 aliphatic heterocycles. The van der Waals surface area contributed by atoms with Crippen LogP contribution in [0.3, 0.4) is 0 Å². The molecule has 1 aromatic heterocycles. The van der Waals surface area contributed by atoms with Crippen LogP contribution in [0.15, 0.2) is 24.4 Å². The van der Waals surface area contributed by atoms with Gasteiger partial charge in [0.05, 0.1) is 23.4 Å². The Labute approximate surface area is 118 Å². The number of nitrogens with one attached hydrogen (secondary N) is 3. The van der Waals surface area contributed by atoms with Crippen LogP contribution in [0.5, 0.6) is 0 Å². The Balaban J connectivity index is 1.74. The molecule has 1 aromatic carbocycles.